The molecule has 0 bridgehead atoms. The second-order valence-electron chi connectivity index (χ2n) is 3.92. The van der Waals surface area contributed by atoms with E-state index < -0.39 is 5.97 Å². The fourth-order valence-electron chi connectivity index (χ4n) is 1.61. The van der Waals surface area contributed by atoms with Gasteiger partial charge in [-0.2, -0.15) is 0 Å². The van der Waals surface area contributed by atoms with Crippen molar-refractivity contribution in [1.82, 2.24) is 0 Å². The first-order chi connectivity index (χ1) is 9.63. The Kier molecular flexibility index (Phi) is 4.53. The van der Waals surface area contributed by atoms with E-state index in [9.17, 15) is 9.59 Å². The van der Waals surface area contributed by atoms with Crippen LogP contribution in [0.1, 0.15) is 20.7 Å². The van der Waals surface area contributed by atoms with E-state index in [0.29, 0.717) is 22.6 Å². The summed E-state index contributed by atoms with van der Waals surface area (Å²) >= 11 is 3.29. The molecule has 0 aliphatic heterocycles. The molecule has 0 aliphatic carbocycles. The molecule has 0 spiro atoms. The van der Waals surface area contributed by atoms with Crippen LogP contribution in [0.15, 0.2) is 46.9 Å². The molecule has 0 aromatic heterocycles. The van der Waals surface area contributed by atoms with Crippen molar-refractivity contribution in [2.24, 2.45) is 0 Å². The van der Waals surface area contributed by atoms with Gasteiger partial charge in [0.25, 0.3) is 0 Å². The Bertz CT molecular complexity index is 635. The van der Waals surface area contributed by atoms with Gasteiger partial charge >= 0.3 is 5.97 Å². The zero-order valence-corrected chi connectivity index (χ0v) is 12.2. The van der Waals surface area contributed by atoms with E-state index >= 15 is 0 Å². The minimum atomic E-state index is -0.409. The maximum absolute atomic E-state index is 11.3. The van der Waals surface area contributed by atoms with Crippen LogP contribution < -0.4 is 4.74 Å². The number of carbonyl (C=O) groups excluding carboxylic acids is 2. The molecule has 0 fully saturated rings. The molecular weight excluding hydrogens is 324 g/mol. The van der Waals surface area contributed by atoms with Gasteiger partial charge in [-0.3, -0.25) is 4.79 Å². The van der Waals surface area contributed by atoms with Gasteiger partial charge in [0, 0.05) is 4.47 Å². The molecule has 2 aromatic rings. The second kappa shape index (κ2) is 6.34. The Labute approximate surface area is 124 Å². The number of ether oxygens (including phenoxy) is 2. The van der Waals surface area contributed by atoms with Crippen LogP contribution >= 0.6 is 15.9 Å². The first-order valence-corrected chi connectivity index (χ1v) is 6.54. The number of carbonyl (C=O) groups is 2. The Balaban J connectivity index is 2.22. The number of methoxy groups -OCH3 is 1. The molecule has 0 unspecified atom stereocenters. The highest BCUT2D eigenvalue weighted by Crippen LogP contribution is 2.27. The number of hydrogen-bond acceptors (Lipinski definition) is 4. The quantitative estimate of drug-likeness (QED) is 0.629. The van der Waals surface area contributed by atoms with Gasteiger partial charge in [0.2, 0.25) is 0 Å². The number of esters is 1. The van der Waals surface area contributed by atoms with Gasteiger partial charge in [0.05, 0.1) is 18.2 Å². The predicted molar refractivity (Wildman–Crippen MR) is 77.4 cm³/mol. The lowest BCUT2D eigenvalue weighted by atomic mass is 10.2. The highest BCUT2D eigenvalue weighted by Gasteiger charge is 2.07. The standard InChI is InChI=1S/C15H11BrO4/c1-19-15(18)10-2-5-13(6-3-10)20-14-7-4-12(16)8-11(14)9-17/h2-9H,1H3. The summed E-state index contributed by atoms with van der Waals surface area (Å²) in [6.07, 6.45) is 0.725. The molecule has 5 heteroatoms. The summed E-state index contributed by atoms with van der Waals surface area (Å²) in [4.78, 5) is 22.3. The smallest absolute Gasteiger partial charge is 0.337 e. The highest BCUT2D eigenvalue weighted by molar-refractivity contribution is 9.10. The molecule has 20 heavy (non-hydrogen) atoms. The topological polar surface area (TPSA) is 52.6 Å². The Morgan fingerprint density at radius 1 is 1.15 bits per heavy atom. The lowest BCUT2D eigenvalue weighted by molar-refractivity contribution is 0.0600. The molecule has 0 amide bonds. The van der Waals surface area contributed by atoms with Gasteiger partial charge in [-0.1, -0.05) is 15.9 Å². The van der Waals surface area contributed by atoms with E-state index in [1.54, 1.807) is 42.5 Å². The van der Waals surface area contributed by atoms with Crippen LogP contribution in [-0.4, -0.2) is 19.4 Å². The largest absolute Gasteiger partial charge is 0.465 e. The minimum absolute atomic E-state index is 0.409. The molecule has 0 N–H and O–H groups in total. The number of benzene rings is 2. The Hall–Kier alpha value is -2.14. The third kappa shape index (κ3) is 3.24. The summed E-state index contributed by atoms with van der Waals surface area (Å²) < 4.78 is 11.0. The Morgan fingerprint density at radius 3 is 2.45 bits per heavy atom. The number of hydrogen-bond donors (Lipinski definition) is 0. The molecule has 0 heterocycles. The van der Waals surface area contributed by atoms with Gasteiger partial charge in [-0.15, -0.1) is 0 Å². The molecule has 0 aliphatic rings. The highest BCUT2D eigenvalue weighted by atomic mass is 79.9. The summed E-state index contributed by atoms with van der Waals surface area (Å²) in [6, 6.07) is 11.6. The number of halogens is 1. The van der Waals surface area contributed by atoms with Crippen molar-refractivity contribution in [3.8, 4) is 11.5 Å². The average Bonchev–Trinajstić information content (AvgIpc) is 2.49. The number of aldehydes is 1. The molecule has 0 radical (unpaired) electrons. The van der Waals surface area contributed by atoms with Crippen molar-refractivity contribution in [3.63, 3.8) is 0 Å². The van der Waals surface area contributed by atoms with Gasteiger partial charge in [-0.25, -0.2) is 4.79 Å². The van der Waals surface area contributed by atoms with Crippen molar-refractivity contribution in [1.29, 1.82) is 0 Å². The van der Waals surface area contributed by atoms with Crippen molar-refractivity contribution in [2.45, 2.75) is 0 Å². The van der Waals surface area contributed by atoms with Crippen LogP contribution in [0.4, 0.5) is 0 Å². The van der Waals surface area contributed by atoms with E-state index in [1.165, 1.54) is 7.11 Å². The summed E-state index contributed by atoms with van der Waals surface area (Å²) in [6.45, 7) is 0. The minimum Gasteiger partial charge on any atom is -0.465 e. The van der Waals surface area contributed by atoms with E-state index in [0.717, 1.165) is 10.8 Å². The van der Waals surface area contributed by atoms with Crippen LogP contribution in [-0.2, 0) is 4.74 Å². The SMILES string of the molecule is COC(=O)c1ccc(Oc2ccc(Br)cc2C=O)cc1. The van der Waals surface area contributed by atoms with Gasteiger partial charge in [0.1, 0.15) is 11.5 Å². The molecule has 2 rings (SSSR count). The van der Waals surface area contributed by atoms with Crippen LogP contribution in [0.25, 0.3) is 0 Å². The Morgan fingerprint density at radius 2 is 1.85 bits per heavy atom. The van der Waals surface area contributed by atoms with Gasteiger partial charge in [-0.05, 0) is 42.5 Å². The van der Waals surface area contributed by atoms with Crippen LogP contribution in [0.2, 0.25) is 0 Å². The zero-order valence-electron chi connectivity index (χ0n) is 10.6. The van der Waals surface area contributed by atoms with Crippen LogP contribution in [0.5, 0.6) is 11.5 Å². The summed E-state index contributed by atoms with van der Waals surface area (Å²) in [5, 5.41) is 0. The zero-order chi connectivity index (χ0) is 14.5. The normalized spacial score (nSPS) is 9.90. The molecule has 0 atom stereocenters. The second-order valence-corrected chi connectivity index (χ2v) is 4.83. The fraction of sp³-hybridized carbons (Fsp3) is 0.0667. The van der Waals surface area contributed by atoms with Crippen LogP contribution in [0.3, 0.4) is 0 Å². The van der Waals surface area contributed by atoms with Gasteiger partial charge < -0.3 is 9.47 Å². The molecule has 4 nitrogen and oxygen atoms in total. The summed E-state index contributed by atoms with van der Waals surface area (Å²) in [5.41, 5.74) is 0.877. The lowest BCUT2D eigenvalue weighted by Gasteiger charge is -2.08. The monoisotopic (exact) mass is 334 g/mol. The van der Waals surface area contributed by atoms with Crippen molar-refractivity contribution in [3.05, 3.63) is 58.1 Å². The maximum atomic E-state index is 11.3. The molecule has 102 valence electrons. The first kappa shape index (κ1) is 14.3. The molecule has 0 saturated heterocycles. The average molecular weight is 335 g/mol. The van der Waals surface area contributed by atoms with Crippen molar-refractivity contribution < 1.29 is 19.1 Å². The van der Waals surface area contributed by atoms with Gasteiger partial charge in [0.15, 0.2) is 6.29 Å². The fourth-order valence-corrected chi connectivity index (χ4v) is 1.99. The molecule has 0 saturated carbocycles. The lowest BCUT2D eigenvalue weighted by Crippen LogP contribution is -2.00. The predicted octanol–water partition coefficient (Wildman–Crippen LogP) is 3.84. The summed E-state index contributed by atoms with van der Waals surface area (Å²) in [7, 11) is 1.32. The molecule has 2 aromatic carbocycles. The van der Waals surface area contributed by atoms with Crippen LogP contribution in [0, 0.1) is 0 Å². The van der Waals surface area contributed by atoms with Crippen molar-refractivity contribution in [2.75, 3.05) is 7.11 Å². The van der Waals surface area contributed by atoms with E-state index in [2.05, 4.69) is 20.7 Å². The first-order valence-electron chi connectivity index (χ1n) is 5.75. The van der Waals surface area contributed by atoms with E-state index in [4.69, 9.17) is 4.74 Å². The van der Waals surface area contributed by atoms with E-state index in [-0.39, 0.29) is 0 Å². The third-order valence-corrected chi connectivity index (χ3v) is 3.10. The number of rotatable bonds is 4. The van der Waals surface area contributed by atoms with E-state index in [1.807, 2.05) is 0 Å². The summed E-state index contributed by atoms with van der Waals surface area (Å²) in [5.74, 6) is 0.575. The van der Waals surface area contributed by atoms with Crippen molar-refractivity contribution >= 4 is 28.2 Å². The maximum Gasteiger partial charge on any atom is 0.337 e. The molecular formula is C15H11BrO4. The third-order valence-electron chi connectivity index (χ3n) is 2.60.